The molecule has 0 aliphatic rings. The number of imidazole rings is 1. The van der Waals surface area contributed by atoms with Gasteiger partial charge in [0.05, 0.1) is 17.1 Å². The molecule has 0 bridgehead atoms. The van der Waals surface area contributed by atoms with Gasteiger partial charge in [0.1, 0.15) is 11.4 Å². The van der Waals surface area contributed by atoms with Gasteiger partial charge in [-0.2, -0.15) is 0 Å². The maximum Gasteiger partial charge on any atom is 0.227 e. The first-order valence-corrected chi connectivity index (χ1v) is 16.2. The van der Waals surface area contributed by atoms with Gasteiger partial charge in [0.2, 0.25) is 5.71 Å². The Bertz CT molecular complexity index is 2190. The molecule has 0 saturated carbocycles. The summed E-state index contributed by atoms with van der Waals surface area (Å²) in [6.45, 7) is 15.5. The summed E-state index contributed by atoms with van der Waals surface area (Å²) < 4.78 is 8.60. The van der Waals surface area contributed by atoms with Crippen LogP contribution in [-0.2, 0) is 5.41 Å². The van der Waals surface area contributed by atoms with E-state index in [1.54, 1.807) is 0 Å². The number of hydrogen-bond acceptors (Lipinski definition) is 4. The lowest BCUT2D eigenvalue weighted by atomic mass is 9.80. The summed E-state index contributed by atoms with van der Waals surface area (Å²) in [5.41, 5.74) is 11.0. The van der Waals surface area contributed by atoms with Gasteiger partial charge in [-0.3, -0.25) is 9.55 Å². The summed E-state index contributed by atoms with van der Waals surface area (Å²) >= 11 is 0. The van der Waals surface area contributed by atoms with Crippen LogP contribution < -0.4 is 0 Å². The van der Waals surface area contributed by atoms with Crippen LogP contribution in [0.3, 0.4) is 0 Å². The molecule has 4 aromatic heterocycles. The Kier molecular flexibility index (Phi) is 7.35. The first-order chi connectivity index (χ1) is 22.1. The zero-order valence-electron chi connectivity index (χ0n) is 27.7. The first kappa shape index (κ1) is 29.7. The molecule has 0 N–H and O–H groups in total. The van der Waals surface area contributed by atoms with E-state index in [-0.39, 0.29) is 5.41 Å². The summed E-state index contributed by atoms with van der Waals surface area (Å²) in [6, 6.07) is 32.1. The summed E-state index contributed by atoms with van der Waals surface area (Å²) in [7, 11) is 0. The van der Waals surface area contributed by atoms with Gasteiger partial charge < -0.3 is 4.42 Å². The first-order valence-electron chi connectivity index (χ1n) is 16.2. The van der Waals surface area contributed by atoms with Crippen LogP contribution in [-0.4, -0.2) is 19.5 Å². The molecular formula is C41H40N4O. The number of pyridine rings is 2. The SMILES string of the molecule is Cc1ccc2c(n1)oc1c(-c3cccc(C(C)(C)c4cccc(-c5nccn5-c5c(C(C)C)cccc5C(C)C)c4)n3)cccc12. The third-order valence-corrected chi connectivity index (χ3v) is 9.24. The molecule has 4 heterocycles. The van der Waals surface area contributed by atoms with E-state index < -0.39 is 0 Å². The summed E-state index contributed by atoms with van der Waals surface area (Å²) in [6.07, 6.45) is 4.01. The largest absolute Gasteiger partial charge is 0.437 e. The van der Waals surface area contributed by atoms with Gasteiger partial charge in [-0.15, -0.1) is 0 Å². The van der Waals surface area contributed by atoms with E-state index in [9.17, 15) is 0 Å². The molecule has 0 spiro atoms. The highest BCUT2D eigenvalue weighted by Gasteiger charge is 2.27. The molecule has 7 rings (SSSR count). The molecule has 0 aliphatic heterocycles. The van der Waals surface area contributed by atoms with Gasteiger partial charge >= 0.3 is 0 Å². The zero-order chi connectivity index (χ0) is 32.2. The van der Waals surface area contributed by atoms with Crippen LogP contribution in [0.15, 0.2) is 108 Å². The number of aryl methyl sites for hydroxylation is 1. The fourth-order valence-electron chi connectivity index (χ4n) is 6.59. The fraction of sp³-hybridized carbons (Fsp3) is 0.244. The van der Waals surface area contributed by atoms with E-state index in [0.29, 0.717) is 17.5 Å². The van der Waals surface area contributed by atoms with Crippen molar-refractivity contribution in [2.24, 2.45) is 0 Å². The number of benzene rings is 3. The van der Waals surface area contributed by atoms with E-state index in [2.05, 4.69) is 142 Å². The molecular weight excluding hydrogens is 564 g/mol. The number of fused-ring (bicyclic) bond motifs is 3. The number of hydrogen-bond donors (Lipinski definition) is 0. The van der Waals surface area contributed by atoms with Gasteiger partial charge in [-0.05, 0) is 71.8 Å². The predicted octanol–water partition coefficient (Wildman–Crippen LogP) is 10.8. The average Bonchev–Trinajstić information content (AvgIpc) is 3.69. The molecule has 0 saturated heterocycles. The molecule has 5 heteroatoms. The van der Waals surface area contributed by atoms with E-state index in [1.165, 1.54) is 22.4 Å². The van der Waals surface area contributed by atoms with Crippen molar-refractivity contribution in [2.45, 2.75) is 65.7 Å². The zero-order valence-corrected chi connectivity index (χ0v) is 27.7. The number of para-hydroxylation sites is 2. The molecule has 0 amide bonds. The van der Waals surface area contributed by atoms with Gasteiger partial charge in [0.25, 0.3) is 0 Å². The summed E-state index contributed by atoms with van der Waals surface area (Å²) in [4.78, 5) is 14.8. The van der Waals surface area contributed by atoms with E-state index >= 15 is 0 Å². The Morgan fingerprint density at radius 3 is 2.22 bits per heavy atom. The van der Waals surface area contributed by atoms with Crippen molar-refractivity contribution in [3.63, 3.8) is 0 Å². The second kappa shape index (κ2) is 11.4. The second-order valence-electron chi connectivity index (χ2n) is 13.4. The quantitative estimate of drug-likeness (QED) is 0.182. The van der Waals surface area contributed by atoms with Crippen molar-refractivity contribution in [3.8, 4) is 28.3 Å². The summed E-state index contributed by atoms with van der Waals surface area (Å²) in [5.74, 6) is 1.71. The molecule has 5 nitrogen and oxygen atoms in total. The van der Waals surface area contributed by atoms with Gasteiger partial charge in [0.15, 0.2) is 0 Å². The minimum absolute atomic E-state index is 0.372. The molecule has 0 fully saturated rings. The van der Waals surface area contributed by atoms with Crippen LogP contribution in [0.5, 0.6) is 0 Å². The minimum atomic E-state index is -0.372. The van der Waals surface area contributed by atoms with Gasteiger partial charge in [0, 0.05) is 45.4 Å². The lowest BCUT2D eigenvalue weighted by Crippen LogP contribution is -2.21. The molecule has 0 unspecified atom stereocenters. The van der Waals surface area contributed by atoms with Crippen molar-refractivity contribution < 1.29 is 4.42 Å². The van der Waals surface area contributed by atoms with Crippen molar-refractivity contribution in [1.82, 2.24) is 19.5 Å². The van der Waals surface area contributed by atoms with Crippen molar-refractivity contribution in [2.75, 3.05) is 0 Å². The highest BCUT2D eigenvalue weighted by Crippen LogP contribution is 2.38. The Labute approximate surface area is 271 Å². The smallest absolute Gasteiger partial charge is 0.227 e. The molecule has 0 atom stereocenters. The molecule has 0 radical (unpaired) electrons. The number of rotatable bonds is 7. The summed E-state index contributed by atoms with van der Waals surface area (Å²) in [5, 5.41) is 2.07. The highest BCUT2D eigenvalue weighted by atomic mass is 16.3. The Balaban J connectivity index is 1.30. The van der Waals surface area contributed by atoms with Gasteiger partial charge in [-0.1, -0.05) is 96.1 Å². The highest BCUT2D eigenvalue weighted by molar-refractivity contribution is 6.08. The van der Waals surface area contributed by atoms with Crippen LogP contribution >= 0.6 is 0 Å². The lowest BCUT2D eigenvalue weighted by molar-refractivity contribution is 0.617. The standard InChI is InChI=1S/C41H40N4O/c1-25(2)30-14-9-15-31(26(3)4)37(30)45-23-22-42-39(45)28-12-8-13-29(24-28)41(6,7)36-19-11-18-35(44-36)34-17-10-16-32-33-21-20-27(5)43-40(33)46-38(32)34/h8-26H,1-7H3. The van der Waals surface area contributed by atoms with Crippen molar-refractivity contribution in [3.05, 3.63) is 131 Å². The predicted molar refractivity (Wildman–Crippen MR) is 189 cm³/mol. The third kappa shape index (κ3) is 5.00. The van der Waals surface area contributed by atoms with Crippen LogP contribution in [0.4, 0.5) is 0 Å². The van der Waals surface area contributed by atoms with Crippen molar-refractivity contribution in [1.29, 1.82) is 0 Å². The lowest BCUT2D eigenvalue weighted by Gasteiger charge is -2.26. The Morgan fingerprint density at radius 2 is 1.46 bits per heavy atom. The minimum Gasteiger partial charge on any atom is -0.437 e. The number of nitrogens with zero attached hydrogens (tertiary/aromatic N) is 4. The van der Waals surface area contributed by atoms with Gasteiger partial charge in [-0.25, -0.2) is 9.97 Å². The molecule has 0 aliphatic carbocycles. The molecule has 7 aromatic rings. The van der Waals surface area contributed by atoms with Crippen LogP contribution in [0, 0.1) is 6.92 Å². The van der Waals surface area contributed by atoms with E-state index in [4.69, 9.17) is 14.4 Å². The number of furan rings is 1. The van der Waals surface area contributed by atoms with Crippen LogP contribution in [0.2, 0.25) is 0 Å². The van der Waals surface area contributed by atoms with Crippen LogP contribution in [0.1, 0.15) is 81.5 Å². The van der Waals surface area contributed by atoms with E-state index in [0.717, 1.165) is 50.4 Å². The molecule has 46 heavy (non-hydrogen) atoms. The Morgan fingerprint density at radius 1 is 0.739 bits per heavy atom. The molecule has 3 aromatic carbocycles. The fourth-order valence-corrected chi connectivity index (χ4v) is 6.59. The average molecular weight is 605 g/mol. The van der Waals surface area contributed by atoms with Crippen LogP contribution in [0.25, 0.3) is 50.4 Å². The monoisotopic (exact) mass is 604 g/mol. The maximum atomic E-state index is 6.32. The topological polar surface area (TPSA) is 56.7 Å². The number of aromatic nitrogens is 4. The van der Waals surface area contributed by atoms with E-state index in [1.807, 2.05) is 19.2 Å². The maximum absolute atomic E-state index is 6.32. The molecule has 230 valence electrons. The normalized spacial score (nSPS) is 12.2. The van der Waals surface area contributed by atoms with Crippen molar-refractivity contribution >= 4 is 22.1 Å². The third-order valence-electron chi connectivity index (χ3n) is 9.24. The Hall–Kier alpha value is -5.03. The second-order valence-corrected chi connectivity index (χ2v) is 13.4.